The second kappa shape index (κ2) is 6.24. The zero-order valence-corrected chi connectivity index (χ0v) is 12.5. The van der Waals surface area contributed by atoms with Crippen LogP contribution in [0.2, 0.25) is 0 Å². The van der Waals surface area contributed by atoms with Crippen LogP contribution in [0.25, 0.3) is 0 Å². The molecule has 21 heavy (non-hydrogen) atoms. The maximum atomic E-state index is 13.0. The quantitative estimate of drug-likeness (QED) is 0.867. The molecule has 1 N–H and O–H groups in total. The number of anilines is 1. The van der Waals surface area contributed by atoms with Gasteiger partial charge in [-0.3, -0.25) is 9.59 Å². The minimum absolute atomic E-state index is 0.214. The number of hydrogen-bond acceptors (Lipinski definition) is 2. The Morgan fingerprint density at radius 3 is 2.67 bits per heavy atom. The van der Waals surface area contributed by atoms with Crippen molar-refractivity contribution < 1.29 is 14.0 Å². The smallest absolute Gasteiger partial charge is 0.242 e. The highest BCUT2D eigenvalue weighted by Gasteiger charge is 2.46. The summed E-state index contributed by atoms with van der Waals surface area (Å²) in [5.74, 6) is -0.776. The van der Waals surface area contributed by atoms with Crippen molar-refractivity contribution in [2.45, 2.75) is 33.1 Å². The molecule has 1 heterocycles. The molecule has 1 fully saturated rings. The predicted octanol–water partition coefficient (Wildman–Crippen LogP) is 2.49. The van der Waals surface area contributed by atoms with Crippen LogP contribution in [0, 0.1) is 11.2 Å². The molecule has 1 aromatic rings. The largest absolute Gasteiger partial charge is 0.355 e. The van der Waals surface area contributed by atoms with Gasteiger partial charge in [0.15, 0.2) is 0 Å². The predicted molar refractivity (Wildman–Crippen MR) is 79.4 cm³/mol. The van der Waals surface area contributed by atoms with Crippen LogP contribution in [0.1, 0.15) is 33.1 Å². The number of carbonyl (C=O) groups excluding carboxylic acids is 2. The number of carbonyl (C=O) groups is 2. The highest BCUT2D eigenvalue weighted by atomic mass is 19.1. The zero-order valence-electron chi connectivity index (χ0n) is 12.5. The van der Waals surface area contributed by atoms with E-state index in [4.69, 9.17) is 0 Å². The molecule has 1 saturated heterocycles. The molecule has 0 spiro atoms. The lowest BCUT2D eigenvalue weighted by molar-refractivity contribution is -0.142. The lowest BCUT2D eigenvalue weighted by atomic mass is 9.79. The summed E-state index contributed by atoms with van der Waals surface area (Å²) in [4.78, 5) is 26.6. The number of piperidine rings is 1. The molecule has 0 radical (unpaired) electrons. The first-order valence-corrected chi connectivity index (χ1v) is 7.35. The van der Waals surface area contributed by atoms with Gasteiger partial charge in [0.2, 0.25) is 11.8 Å². The SMILES string of the molecule is CCCNC(=O)[C@]1(C)CCCN(c2ccc(F)cc2)C1=O. The Bertz CT molecular complexity index is 530. The van der Waals surface area contributed by atoms with Gasteiger partial charge in [-0.25, -0.2) is 4.39 Å². The van der Waals surface area contributed by atoms with E-state index in [0.717, 1.165) is 12.8 Å². The maximum Gasteiger partial charge on any atom is 0.242 e. The van der Waals surface area contributed by atoms with Crippen LogP contribution in [0.5, 0.6) is 0 Å². The molecule has 2 rings (SSSR count). The first-order chi connectivity index (χ1) is 9.99. The molecule has 5 heteroatoms. The van der Waals surface area contributed by atoms with E-state index in [1.54, 1.807) is 24.0 Å². The third-order valence-corrected chi connectivity index (χ3v) is 3.95. The monoisotopic (exact) mass is 292 g/mol. The fourth-order valence-corrected chi connectivity index (χ4v) is 2.61. The second-order valence-electron chi connectivity index (χ2n) is 5.62. The summed E-state index contributed by atoms with van der Waals surface area (Å²) in [5.41, 5.74) is -0.405. The van der Waals surface area contributed by atoms with Crippen molar-refractivity contribution in [3.8, 4) is 0 Å². The van der Waals surface area contributed by atoms with Gasteiger partial charge in [-0.1, -0.05) is 6.92 Å². The highest BCUT2D eigenvalue weighted by molar-refractivity contribution is 6.11. The number of nitrogens with zero attached hydrogens (tertiary/aromatic N) is 1. The molecule has 2 amide bonds. The standard InChI is InChI=1S/C16H21FN2O2/c1-3-10-18-14(20)16(2)9-4-11-19(15(16)21)13-7-5-12(17)6-8-13/h5-8H,3-4,9-11H2,1-2H3,(H,18,20)/t16-/m0/s1. The van der Waals surface area contributed by atoms with Crippen molar-refractivity contribution in [2.24, 2.45) is 5.41 Å². The number of hydrogen-bond donors (Lipinski definition) is 1. The van der Waals surface area contributed by atoms with Crippen molar-refractivity contribution in [1.29, 1.82) is 0 Å². The molecule has 1 aromatic carbocycles. The molecular formula is C16H21FN2O2. The van der Waals surface area contributed by atoms with Crippen LogP contribution in [0.15, 0.2) is 24.3 Å². The van der Waals surface area contributed by atoms with E-state index < -0.39 is 5.41 Å². The highest BCUT2D eigenvalue weighted by Crippen LogP contribution is 2.34. The molecule has 0 aromatic heterocycles. The van der Waals surface area contributed by atoms with Gasteiger partial charge in [0.05, 0.1) is 0 Å². The fourth-order valence-electron chi connectivity index (χ4n) is 2.61. The van der Waals surface area contributed by atoms with Crippen LogP contribution in [-0.2, 0) is 9.59 Å². The molecule has 4 nitrogen and oxygen atoms in total. The normalized spacial score (nSPS) is 22.2. The van der Waals surface area contributed by atoms with E-state index >= 15 is 0 Å². The fraction of sp³-hybridized carbons (Fsp3) is 0.500. The summed E-state index contributed by atoms with van der Waals surface area (Å²) >= 11 is 0. The molecule has 1 aliphatic heterocycles. The van der Waals surface area contributed by atoms with Gasteiger partial charge in [-0.05, 0) is 50.5 Å². The molecule has 0 saturated carbocycles. The average Bonchev–Trinajstić information content (AvgIpc) is 2.48. The molecule has 114 valence electrons. The van der Waals surface area contributed by atoms with Crippen molar-refractivity contribution in [3.63, 3.8) is 0 Å². The third-order valence-electron chi connectivity index (χ3n) is 3.95. The number of benzene rings is 1. The third kappa shape index (κ3) is 3.06. The molecule has 0 bridgehead atoms. The van der Waals surface area contributed by atoms with Gasteiger partial charge >= 0.3 is 0 Å². The minimum atomic E-state index is -1.04. The Hall–Kier alpha value is -1.91. The first-order valence-electron chi connectivity index (χ1n) is 7.35. The van der Waals surface area contributed by atoms with Crippen LogP contribution in [-0.4, -0.2) is 24.9 Å². The first kappa shape index (κ1) is 15.5. The van der Waals surface area contributed by atoms with Crippen LogP contribution in [0.4, 0.5) is 10.1 Å². The van der Waals surface area contributed by atoms with E-state index in [2.05, 4.69) is 5.32 Å². The van der Waals surface area contributed by atoms with Gasteiger partial charge in [-0.15, -0.1) is 0 Å². The number of amides is 2. The summed E-state index contributed by atoms with van der Waals surface area (Å²) < 4.78 is 13.0. The van der Waals surface area contributed by atoms with Gasteiger partial charge in [0, 0.05) is 18.8 Å². The maximum absolute atomic E-state index is 13.0. The Morgan fingerprint density at radius 2 is 2.05 bits per heavy atom. The number of rotatable bonds is 4. The van der Waals surface area contributed by atoms with E-state index in [1.807, 2.05) is 6.92 Å². The van der Waals surface area contributed by atoms with E-state index in [-0.39, 0.29) is 17.6 Å². The summed E-state index contributed by atoms with van der Waals surface area (Å²) in [6.45, 7) is 4.78. The Balaban J connectivity index is 2.21. The van der Waals surface area contributed by atoms with Crippen molar-refractivity contribution in [1.82, 2.24) is 5.32 Å². The topological polar surface area (TPSA) is 49.4 Å². The van der Waals surface area contributed by atoms with Crippen molar-refractivity contribution in [2.75, 3.05) is 18.0 Å². The molecule has 1 atom stereocenters. The van der Waals surface area contributed by atoms with Crippen molar-refractivity contribution in [3.05, 3.63) is 30.1 Å². The number of nitrogens with one attached hydrogen (secondary N) is 1. The van der Waals surface area contributed by atoms with Crippen LogP contribution >= 0.6 is 0 Å². The Labute approximate surface area is 124 Å². The second-order valence-corrected chi connectivity index (χ2v) is 5.62. The van der Waals surface area contributed by atoms with Gasteiger partial charge in [0.1, 0.15) is 11.2 Å². The molecule has 1 aliphatic rings. The summed E-state index contributed by atoms with van der Waals surface area (Å²) in [7, 11) is 0. The zero-order chi connectivity index (χ0) is 15.5. The molecular weight excluding hydrogens is 271 g/mol. The average molecular weight is 292 g/mol. The van der Waals surface area contributed by atoms with E-state index in [1.165, 1.54) is 12.1 Å². The van der Waals surface area contributed by atoms with Gasteiger partial charge in [0.25, 0.3) is 0 Å². The van der Waals surface area contributed by atoms with E-state index in [0.29, 0.717) is 25.2 Å². The minimum Gasteiger partial charge on any atom is -0.355 e. The Morgan fingerprint density at radius 1 is 1.38 bits per heavy atom. The van der Waals surface area contributed by atoms with E-state index in [9.17, 15) is 14.0 Å². The van der Waals surface area contributed by atoms with Gasteiger partial charge in [-0.2, -0.15) is 0 Å². The summed E-state index contributed by atoms with van der Waals surface area (Å²) in [6, 6.07) is 5.79. The number of halogens is 1. The summed E-state index contributed by atoms with van der Waals surface area (Å²) in [6.07, 6.45) is 2.12. The van der Waals surface area contributed by atoms with Gasteiger partial charge < -0.3 is 10.2 Å². The summed E-state index contributed by atoms with van der Waals surface area (Å²) in [5, 5.41) is 2.81. The lowest BCUT2D eigenvalue weighted by Crippen LogP contribution is -2.55. The van der Waals surface area contributed by atoms with Crippen LogP contribution < -0.4 is 10.2 Å². The Kier molecular flexibility index (Phi) is 4.60. The van der Waals surface area contributed by atoms with Crippen LogP contribution in [0.3, 0.4) is 0 Å². The molecule has 0 unspecified atom stereocenters. The van der Waals surface area contributed by atoms with Crippen molar-refractivity contribution >= 4 is 17.5 Å². The lowest BCUT2D eigenvalue weighted by Gasteiger charge is -2.38. The molecule has 0 aliphatic carbocycles.